The first-order chi connectivity index (χ1) is 9.16. The van der Waals surface area contributed by atoms with Crippen molar-refractivity contribution in [2.24, 2.45) is 4.99 Å². The van der Waals surface area contributed by atoms with Gasteiger partial charge in [0.1, 0.15) is 4.38 Å². The Balaban J connectivity index is 1.79. The summed E-state index contributed by atoms with van der Waals surface area (Å²) < 4.78 is 1.12. The van der Waals surface area contributed by atoms with Crippen molar-refractivity contribution in [3.05, 3.63) is 29.3 Å². The summed E-state index contributed by atoms with van der Waals surface area (Å²) in [5.74, 6) is 1.95. The molecule has 0 saturated heterocycles. The van der Waals surface area contributed by atoms with Crippen LogP contribution in [0.3, 0.4) is 0 Å². The molecule has 1 aromatic carbocycles. The number of nitrogens with one attached hydrogen (secondary N) is 1. The Morgan fingerprint density at radius 2 is 2.32 bits per heavy atom. The number of carbonyl (C=O) groups excluding carboxylic acids is 1. The Hall–Kier alpha value is -0.940. The number of aryl methyl sites for hydroxylation is 1. The summed E-state index contributed by atoms with van der Waals surface area (Å²) in [4.78, 5) is 16.2. The first-order valence-electron chi connectivity index (χ1n) is 6.33. The van der Waals surface area contributed by atoms with E-state index in [0.717, 1.165) is 33.7 Å². The summed E-state index contributed by atoms with van der Waals surface area (Å²) in [7, 11) is 0. The molecule has 1 aliphatic heterocycles. The summed E-state index contributed by atoms with van der Waals surface area (Å²) in [6.45, 7) is 5.00. The van der Waals surface area contributed by atoms with Gasteiger partial charge in [0, 0.05) is 23.6 Å². The third-order valence-electron chi connectivity index (χ3n) is 2.99. The molecular formula is C14H18N2OS2. The van der Waals surface area contributed by atoms with Gasteiger partial charge in [-0.05, 0) is 31.0 Å². The summed E-state index contributed by atoms with van der Waals surface area (Å²) in [5.41, 5.74) is 3.26. The zero-order valence-corrected chi connectivity index (χ0v) is 12.9. The van der Waals surface area contributed by atoms with Gasteiger partial charge in [-0.3, -0.25) is 9.79 Å². The van der Waals surface area contributed by atoms with Gasteiger partial charge in [-0.15, -0.1) is 0 Å². The van der Waals surface area contributed by atoms with Crippen molar-refractivity contribution in [3.63, 3.8) is 0 Å². The Morgan fingerprint density at radius 1 is 1.47 bits per heavy atom. The molecule has 0 saturated carbocycles. The van der Waals surface area contributed by atoms with E-state index in [1.54, 1.807) is 23.5 Å². The fourth-order valence-electron chi connectivity index (χ4n) is 1.73. The molecule has 19 heavy (non-hydrogen) atoms. The number of benzene rings is 1. The number of nitrogens with zero attached hydrogens (tertiary/aromatic N) is 1. The molecule has 0 bridgehead atoms. The molecule has 3 nitrogen and oxygen atoms in total. The first kappa shape index (κ1) is 14.5. The van der Waals surface area contributed by atoms with Crippen molar-refractivity contribution in [2.75, 3.05) is 23.4 Å². The molecule has 0 unspecified atom stereocenters. The zero-order valence-electron chi connectivity index (χ0n) is 11.2. The van der Waals surface area contributed by atoms with Crippen LogP contribution >= 0.6 is 23.5 Å². The summed E-state index contributed by atoms with van der Waals surface area (Å²) in [6, 6.07) is 5.97. The maximum absolute atomic E-state index is 11.9. The Labute approximate surface area is 122 Å². The molecule has 2 rings (SSSR count). The van der Waals surface area contributed by atoms with Crippen LogP contribution in [0.2, 0.25) is 0 Å². The standard InChI is InChI=1S/C14H18N2OS2/c1-10-4-3-5-12(11(10)2)16-13(17)6-8-18-14-15-7-9-19-14/h3-5H,6-9H2,1-2H3,(H,16,17). The van der Waals surface area contributed by atoms with Crippen molar-refractivity contribution >= 4 is 39.5 Å². The predicted molar refractivity (Wildman–Crippen MR) is 86.4 cm³/mol. The van der Waals surface area contributed by atoms with E-state index in [1.165, 1.54) is 5.56 Å². The number of amides is 1. The van der Waals surface area contributed by atoms with Crippen LogP contribution in [0.25, 0.3) is 0 Å². The van der Waals surface area contributed by atoms with Gasteiger partial charge in [0.05, 0.1) is 6.54 Å². The number of hydrogen-bond acceptors (Lipinski definition) is 4. The molecule has 0 radical (unpaired) electrons. The zero-order chi connectivity index (χ0) is 13.7. The van der Waals surface area contributed by atoms with Gasteiger partial charge in [-0.1, -0.05) is 35.7 Å². The lowest BCUT2D eigenvalue weighted by Gasteiger charge is -2.10. The molecule has 5 heteroatoms. The lowest BCUT2D eigenvalue weighted by Crippen LogP contribution is -2.13. The maximum Gasteiger partial charge on any atom is 0.225 e. The fourth-order valence-corrected chi connectivity index (χ4v) is 3.75. The van der Waals surface area contributed by atoms with Crippen LogP contribution in [0.15, 0.2) is 23.2 Å². The maximum atomic E-state index is 11.9. The van der Waals surface area contributed by atoms with Crippen molar-refractivity contribution in [2.45, 2.75) is 20.3 Å². The normalized spacial score (nSPS) is 14.3. The molecule has 1 N–H and O–H groups in total. The third kappa shape index (κ3) is 4.28. The van der Waals surface area contributed by atoms with E-state index in [4.69, 9.17) is 0 Å². The molecule has 0 aromatic heterocycles. The Morgan fingerprint density at radius 3 is 3.05 bits per heavy atom. The molecule has 0 fully saturated rings. The van der Waals surface area contributed by atoms with E-state index < -0.39 is 0 Å². The Kier molecular flexibility index (Phi) is 5.34. The highest BCUT2D eigenvalue weighted by molar-refractivity contribution is 8.39. The van der Waals surface area contributed by atoms with Crippen LogP contribution in [0.1, 0.15) is 17.5 Å². The molecule has 1 heterocycles. The SMILES string of the molecule is Cc1cccc(NC(=O)CCSC2=NCCS2)c1C. The summed E-state index contributed by atoms with van der Waals surface area (Å²) in [5, 5.41) is 2.98. The average Bonchev–Trinajstić information content (AvgIpc) is 2.88. The lowest BCUT2D eigenvalue weighted by molar-refractivity contribution is -0.115. The largest absolute Gasteiger partial charge is 0.326 e. The number of carbonyl (C=O) groups is 1. The molecule has 1 aromatic rings. The van der Waals surface area contributed by atoms with Crippen LogP contribution in [0.4, 0.5) is 5.69 Å². The van der Waals surface area contributed by atoms with E-state index in [1.807, 2.05) is 19.1 Å². The number of thioether (sulfide) groups is 2. The summed E-state index contributed by atoms with van der Waals surface area (Å²) in [6.07, 6.45) is 0.525. The number of hydrogen-bond donors (Lipinski definition) is 1. The van der Waals surface area contributed by atoms with E-state index in [9.17, 15) is 4.79 Å². The minimum absolute atomic E-state index is 0.0739. The van der Waals surface area contributed by atoms with Crippen molar-refractivity contribution in [1.82, 2.24) is 0 Å². The van der Waals surface area contributed by atoms with Crippen molar-refractivity contribution in [3.8, 4) is 0 Å². The minimum Gasteiger partial charge on any atom is -0.326 e. The van der Waals surface area contributed by atoms with Crippen LogP contribution in [0.5, 0.6) is 0 Å². The van der Waals surface area contributed by atoms with Crippen molar-refractivity contribution < 1.29 is 4.79 Å². The number of rotatable bonds is 4. The smallest absolute Gasteiger partial charge is 0.225 e. The number of anilines is 1. The Bertz CT molecular complexity index is 500. The molecule has 0 spiro atoms. The van der Waals surface area contributed by atoms with Gasteiger partial charge in [-0.2, -0.15) is 0 Å². The molecule has 102 valence electrons. The second-order valence-electron chi connectivity index (χ2n) is 4.39. The van der Waals surface area contributed by atoms with E-state index in [-0.39, 0.29) is 5.91 Å². The number of aliphatic imine (C=N–C) groups is 1. The minimum atomic E-state index is 0.0739. The van der Waals surface area contributed by atoms with Crippen LogP contribution in [-0.2, 0) is 4.79 Å². The van der Waals surface area contributed by atoms with E-state index in [2.05, 4.69) is 23.3 Å². The predicted octanol–water partition coefficient (Wildman–Crippen LogP) is 3.47. The fraction of sp³-hybridized carbons (Fsp3) is 0.429. The van der Waals surface area contributed by atoms with Gasteiger partial charge in [0.25, 0.3) is 0 Å². The van der Waals surface area contributed by atoms with E-state index >= 15 is 0 Å². The van der Waals surface area contributed by atoms with Gasteiger partial charge in [-0.25, -0.2) is 0 Å². The monoisotopic (exact) mass is 294 g/mol. The molecule has 1 aliphatic rings. The second-order valence-corrected chi connectivity index (χ2v) is 6.82. The third-order valence-corrected chi connectivity index (χ3v) is 5.25. The van der Waals surface area contributed by atoms with Gasteiger partial charge >= 0.3 is 0 Å². The van der Waals surface area contributed by atoms with Gasteiger partial charge < -0.3 is 5.32 Å². The first-order valence-corrected chi connectivity index (χ1v) is 8.30. The highest BCUT2D eigenvalue weighted by Crippen LogP contribution is 2.23. The van der Waals surface area contributed by atoms with Crippen LogP contribution < -0.4 is 5.32 Å². The van der Waals surface area contributed by atoms with Gasteiger partial charge in [0.15, 0.2) is 0 Å². The highest BCUT2D eigenvalue weighted by Gasteiger charge is 2.10. The molecular weight excluding hydrogens is 276 g/mol. The lowest BCUT2D eigenvalue weighted by atomic mass is 10.1. The van der Waals surface area contributed by atoms with Crippen molar-refractivity contribution in [1.29, 1.82) is 0 Å². The highest BCUT2D eigenvalue weighted by atomic mass is 32.2. The van der Waals surface area contributed by atoms with Crippen LogP contribution in [0, 0.1) is 13.8 Å². The van der Waals surface area contributed by atoms with Gasteiger partial charge in [0.2, 0.25) is 5.91 Å². The summed E-state index contributed by atoms with van der Waals surface area (Å²) >= 11 is 3.47. The molecule has 0 aliphatic carbocycles. The molecule has 1 amide bonds. The second kappa shape index (κ2) is 7.01. The molecule has 0 atom stereocenters. The topological polar surface area (TPSA) is 41.5 Å². The quantitative estimate of drug-likeness (QED) is 0.924. The average molecular weight is 294 g/mol. The van der Waals surface area contributed by atoms with E-state index in [0.29, 0.717) is 6.42 Å². The van der Waals surface area contributed by atoms with Crippen LogP contribution in [-0.4, -0.2) is 28.3 Å².